The predicted molar refractivity (Wildman–Crippen MR) is 187 cm³/mol. The largest absolute Gasteiger partial charge is 0.455 e. The van der Waals surface area contributed by atoms with E-state index in [1.165, 1.54) is 5.39 Å². The summed E-state index contributed by atoms with van der Waals surface area (Å²) in [5.41, 5.74) is 5.69. The average molecular weight is 589 g/mol. The molecule has 0 aliphatic rings. The number of fused-ring (bicyclic) bond motifs is 10. The lowest BCUT2D eigenvalue weighted by atomic mass is 10.0. The van der Waals surface area contributed by atoms with Gasteiger partial charge in [-0.15, -0.1) is 0 Å². The monoisotopic (exact) mass is 588 g/mol. The van der Waals surface area contributed by atoms with Crippen LogP contribution in [0.3, 0.4) is 0 Å². The number of rotatable bonds is 3. The summed E-state index contributed by atoms with van der Waals surface area (Å²) < 4.78 is 8.61. The van der Waals surface area contributed by atoms with Crippen LogP contribution < -0.4 is 0 Å². The van der Waals surface area contributed by atoms with Gasteiger partial charge in [-0.1, -0.05) is 115 Å². The normalized spacial score (nSPS) is 11.9. The van der Waals surface area contributed by atoms with Gasteiger partial charge in [0.1, 0.15) is 11.2 Å². The van der Waals surface area contributed by atoms with Crippen molar-refractivity contribution < 1.29 is 4.42 Å². The van der Waals surface area contributed by atoms with Gasteiger partial charge in [-0.2, -0.15) is 9.97 Å². The van der Waals surface area contributed by atoms with Crippen molar-refractivity contribution in [2.75, 3.05) is 0 Å². The molecule has 0 fully saturated rings. The summed E-state index contributed by atoms with van der Waals surface area (Å²) in [5, 5.41) is 9.00. The van der Waals surface area contributed by atoms with Crippen LogP contribution in [0.2, 0.25) is 0 Å². The second-order valence-corrected chi connectivity index (χ2v) is 11.7. The third-order valence-corrected chi connectivity index (χ3v) is 9.03. The van der Waals surface area contributed by atoms with Crippen molar-refractivity contribution >= 4 is 65.3 Å². The van der Waals surface area contributed by atoms with Crippen LogP contribution in [-0.2, 0) is 0 Å². The van der Waals surface area contributed by atoms with Crippen LogP contribution >= 0.6 is 0 Å². The van der Waals surface area contributed by atoms with Crippen LogP contribution in [0.5, 0.6) is 0 Å². The molecule has 0 aliphatic carbocycles. The maximum atomic E-state index is 6.41. The molecule has 10 rings (SSSR count). The van der Waals surface area contributed by atoms with E-state index in [-0.39, 0.29) is 0 Å². The first-order valence-corrected chi connectivity index (χ1v) is 15.4. The molecule has 10 aromatic rings. The minimum atomic E-state index is 0.578. The quantitative estimate of drug-likeness (QED) is 0.206. The van der Waals surface area contributed by atoms with E-state index in [9.17, 15) is 0 Å². The smallest absolute Gasteiger partial charge is 0.238 e. The molecule has 7 aromatic carbocycles. The molecule has 0 spiro atoms. The maximum Gasteiger partial charge on any atom is 0.238 e. The van der Waals surface area contributed by atoms with Gasteiger partial charge in [0, 0.05) is 43.4 Å². The molecule has 0 bridgehead atoms. The fraction of sp³-hybridized carbons (Fsp3) is 0. The minimum Gasteiger partial charge on any atom is -0.455 e. The van der Waals surface area contributed by atoms with Gasteiger partial charge in [0.2, 0.25) is 5.95 Å². The summed E-state index contributed by atoms with van der Waals surface area (Å²) in [7, 11) is 0. The van der Waals surface area contributed by atoms with Crippen molar-refractivity contribution in [1.29, 1.82) is 0 Å². The molecule has 5 heteroatoms. The SMILES string of the molecule is c1ccc(-c2nc(-c3ccc4oc5c6ccccc6ccc5c4c3)nc(-n3c4ccccc4c4ccc5ccccc5c43)n2)cc1. The number of hydrogen-bond donors (Lipinski definition) is 0. The molecular weight excluding hydrogens is 564 g/mol. The zero-order valence-corrected chi connectivity index (χ0v) is 24.6. The van der Waals surface area contributed by atoms with Gasteiger partial charge in [0.15, 0.2) is 11.6 Å². The summed E-state index contributed by atoms with van der Waals surface area (Å²) >= 11 is 0. The number of para-hydroxylation sites is 1. The molecule has 0 saturated carbocycles. The van der Waals surface area contributed by atoms with Crippen LogP contribution in [0, 0.1) is 0 Å². The number of benzene rings is 7. The maximum absolute atomic E-state index is 6.41. The highest BCUT2D eigenvalue weighted by atomic mass is 16.3. The second-order valence-electron chi connectivity index (χ2n) is 11.7. The molecule has 3 aromatic heterocycles. The summed E-state index contributed by atoms with van der Waals surface area (Å²) in [6.45, 7) is 0. The lowest BCUT2D eigenvalue weighted by molar-refractivity contribution is 0.672. The molecule has 0 unspecified atom stereocenters. The van der Waals surface area contributed by atoms with Gasteiger partial charge < -0.3 is 4.42 Å². The third kappa shape index (κ3) is 3.66. The van der Waals surface area contributed by atoms with Gasteiger partial charge in [-0.25, -0.2) is 4.98 Å². The fourth-order valence-electron chi connectivity index (χ4n) is 6.89. The summed E-state index contributed by atoms with van der Waals surface area (Å²) in [6, 6.07) is 50.3. The first-order chi connectivity index (χ1) is 22.8. The van der Waals surface area contributed by atoms with Crippen molar-refractivity contribution in [2.24, 2.45) is 0 Å². The van der Waals surface area contributed by atoms with Crippen LogP contribution in [0.1, 0.15) is 0 Å². The number of aromatic nitrogens is 4. The molecule has 0 aliphatic heterocycles. The van der Waals surface area contributed by atoms with Gasteiger partial charge in [-0.3, -0.25) is 4.57 Å². The molecular formula is C41H24N4O. The standard InChI is InChI=1S/C41H24N4O/c1-2-12-27(13-3-1)39-42-40(28-20-23-36-34(24-28)33-22-19-26-11-5-7-15-30(26)38(33)46-36)44-41(43-39)45-35-17-9-8-16-31(35)32-21-18-25-10-4-6-14-29(25)37(32)45/h1-24H. The first kappa shape index (κ1) is 25.0. The topological polar surface area (TPSA) is 56.7 Å². The Labute approximate surface area is 263 Å². The Bertz CT molecular complexity index is 2810. The predicted octanol–water partition coefficient (Wildman–Crippen LogP) is 10.5. The van der Waals surface area contributed by atoms with E-state index in [1.54, 1.807) is 0 Å². The Morgan fingerprint density at radius 3 is 1.91 bits per heavy atom. The molecule has 5 nitrogen and oxygen atoms in total. The van der Waals surface area contributed by atoms with Crippen LogP contribution in [0.15, 0.2) is 150 Å². The average Bonchev–Trinajstić information content (AvgIpc) is 3.68. The summed E-state index contributed by atoms with van der Waals surface area (Å²) in [4.78, 5) is 15.4. The Morgan fingerprint density at radius 2 is 1.09 bits per heavy atom. The Kier molecular flexibility index (Phi) is 5.22. The van der Waals surface area contributed by atoms with Crippen LogP contribution in [-0.4, -0.2) is 19.5 Å². The van der Waals surface area contributed by atoms with Crippen LogP contribution in [0.25, 0.3) is 94.0 Å². The van der Waals surface area contributed by atoms with E-state index < -0.39 is 0 Å². The molecule has 3 heterocycles. The van der Waals surface area contributed by atoms with Crippen LogP contribution in [0.4, 0.5) is 0 Å². The molecule has 0 saturated heterocycles. The van der Waals surface area contributed by atoms with Crippen molar-refractivity contribution in [2.45, 2.75) is 0 Å². The summed E-state index contributed by atoms with van der Waals surface area (Å²) in [6.07, 6.45) is 0. The lowest BCUT2D eigenvalue weighted by Crippen LogP contribution is -2.06. The van der Waals surface area contributed by atoms with Gasteiger partial charge in [0.25, 0.3) is 0 Å². The van der Waals surface area contributed by atoms with E-state index in [0.29, 0.717) is 17.6 Å². The number of nitrogens with zero attached hydrogens (tertiary/aromatic N) is 4. The zero-order valence-electron chi connectivity index (χ0n) is 24.6. The van der Waals surface area contributed by atoms with Crippen molar-refractivity contribution in [3.05, 3.63) is 146 Å². The zero-order chi connectivity index (χ0) is 30.2. The minimum absolute atomic E-state index is 0.578. The highest BCUT2D eigenvalue weighted by Gasteiger charge is 2.20. The van der Waals surface area contributed by atoms with Gasteiger partial charge in [-0.05, 0) is 41.1 Å². The van der Waals surface area contributed by atoms with E-state index in [4.69, 9.17) is 19.4 Å². The summed E-state index contributed by atoms with van der Waals surface area (Å²) in [5.74, 6) is 1.80. The molecule has 214 valence electrons. The van der Waals surface area contributed by atoms with Gasteiger partial charge in [0.05, 0.1) is 11.0 Å². The number of furan rings is 1. The molecule has 0 amide bonds. The highest BCUT2D eigenvalue weighted by Crippen LogP contribution is 2.38. The third-order valence-electron chi connectivity index (χ3n) is 9.03. The fourth-order valence-corrected chi connectivity index (χ4v) is 6.89. The highest BCUT2D eigenvalue weighted by molar-refractivity contribution is 6.18. The van der Waals surface area contributed by atoms with E-state index >= 15 is 0 Å². The lowest BCUT2D eigenvalue weighted by Gasteiger charge is -2.12. The Hall–Kier alpha value is -6.33. The first-order valence-electron chi connectivity index (χ1n) is 15.4. The van der Waals surface area contributed by atoms with E-state index in [1.807, 2.05) is 42.5 Å². The van der Waals surface area contributed by atoms with Crippen molar-refractivity contribution in [3.8, 4) is 28.7 Å². The molecule has 0 N–H and O–H groups in total. The van der Waals surface area contributed by atoms with Crippen molar-refractivity contribution in [3.63, 3.8) is 0 Å². The van der Waals surface area contributed by atoms with Gasteiger partial charge >= 0.3 is 0 Å². The van der Waals surface area contributed by atoms with Crippen molar-refractivity contribution in [1.82, 2.24) is 19.5 Å². The number of hydrogen-bond acceptors (Lipinski definition) is 4. The molecule has 0 atom stereocenters. The second kappa shape index (κ2) is 9.58. The van der Waals surface area contributed by atoms with E-state index in [2.05, 4.69) is 108 Å². The van der Waals surface area contributed by atoms with E-state index in [0.717, 1.165) is 71.0 Å². The molecule has 0 radical (unpaired) electrons. The Balaban J connectivity index is 1.27. The Morgan fingerprint density at radius 1 is 0.435 bits per heavy atom. The molecule has 46 heavy (non-hydrogen) atoms.